The maximum atomic E-state index is 11.4. The highest BCUT2D eigenvalue weighted by Crippen LogP contribution is 2.23. The van der Waals surface area contributed by atoms with E-state index in [9.17, 15) is 4.79 Å². The first kappa shape index (κ1) is 12.0. The summed E-state index contributed by atoms with van der Waals surface area (Å²) in [6.45, 7) is 7.74. The monoisotopic (exact) mass is 233 g/mol. The predicted octanol–water partition coefficient (Wildman–Crippen LogP) is 1.63. The molecule has 1 aromatic heterocycles. The highest BCUT2D eigenvalue weighted by molar-refractivity contribution is 5.98. The fraction of sp³-hybridized carbons (Fsp3) is 0.538. The first-order valence-electron chi connectivity index (χ1n) is 6.02. The van der Waals surface area contributed by atoms with Gasteiger partial charge in [-0.3, -0.25) is 9.69 Å². The number of ketones is 1. The van der Waals surface area contributed by atoms with Crippen LogP contribution >= 0.6 is 0 Å². The molecule has 4 nitrogen and oxygen atoms in total. The standard InChI is InChI=1S/C13H19N3O/c1-8(2)16-5-4-10-6-11(9(3)17)13(14)15-12(10)7-16/h6,8H,4-5,7H2,1-3H3,(H2,14,15). The average Bonchev–Trinajstić information content (AvgIpc) is 2.26. The summed E-state index contributed by atoms with van der Waals surface area (Å²) in [6.07, 6.45) is 0.946. The molecule has 4 heteroatoms. The summed E-state index contributed by atoms with van der Waals surface area (Å²) in [5, 5.41) is 0. The number of Topliss-reactive ketones (excluding diaryl/α,β-unsaturated/α-hetero) is 1. The number of rotatable bonds is 2. The van der Waals surface area contributed by atoms with Crippen molar-refractivity contribution in [2.45, 2.75) is 39.8 Å². The van der Waals surface area contributed by atoms with Crippen LogP contribution in [0.15, 0.2) is 6.07 Å². The van der Waals surface area contributed by atoms with Crippen LogP contribution in [0.1, 0.15) is 42.4 Å². The summed E-state index contributed by atoms with van der Waals surface area (Å²) in [5.41, 5.74) is 8.56. The number of pyridine rings is 1. The van der Waals surface area contributed by atoms with Gasteiger partial charge in [0.2, 0.25) is 0 Å². The molecule has 0 aliphatic carbocycles. The summed E-state index contributed by atoms with van der Waals surface area (Å²) in [4.78, 5) is 18.1. The van der Waals surface area contributed by atoms with E-state index in [0.29, 0.717) is 17.4 Å². The Morgan fingerprint density at radius 2 is 2.24 bits per heavy atom. The van der Waals surface area contributed by atoms with E-state index in [1.807, 2.05) is 6.07 Å². The molecule has 1 aliphatic heterocycles. The molecule has 1 aliphatic rings. The number of aromatic nitrogens is 1. The van der Waals surface area contributed by atoms with Crippen molar-refractivity contribution in [2.24, 2.45) is 0 Å². The highest BCUT2D eigenvalue weighted by Gasteiger charge is 2.21. The minimum atomic E-state index is -0.0101. The van der Waals surface area contributed by atoms with Crippen LogP contribution in [-0.4, -0.2) is 28.3 Å². The summed E-state index contributed by atoms with van der Waals surface area (Å²) in [5.74, 6) is 0.353. The molecule has 2 heterocycles. The third-order valence-electron chi connectivity index (χ3n) is 3.35. The lowest BCUT2D eigenvalue weighted by Crippen LogP contribution is -2.36. The smallest absolute Gasteiger partial charge is 0.163 e. The van der Waals surface area contributed by atoms with Gasteiger partial charge in [-0.25, -0.2) is 4.98 Å². The zero-order valence-electron chi connectivity index (χ0n) is 10.7. The van der Waals surface area contributed by atoms with Gasteiger partial charge in [0.25, 0.3) is 0 Å². The van der Waals surface area contributed by atoms with Crippen LogP contribution in [0, 0.1) is 0 Å². The lowest BCUT2D eigenvalue weighted by molar-refractivity contribution is 0.101. The van der Waals surface area contributed by atoms with E-state index in [-0.39, 0.29) is 5.78 Å². The van der Waals surface area contributed by atoms with Crippen LogP contribution in [0.25, 0.3) is 0 Å². The predicted molar refractivity (Wildman–Crippen MR) is 67.9 cm³/mol. The van der Waals surface area contributed by atoms with Crippen molar-refractivity contribution in [1.82, 2.24) is 9.88 Å². The van der Waals surface area contributed by atoms with E-state index in [4.69, 9.17) is 5.73 Å². The zero-order chi connectivity index (χ0) is 12.6. The highest BCUT2D eigenvalue weighted by atomic mass is 16.1. The first-order chi connectivity index (χ1) is 7.99. The van der Waals surface area contributed by atoms with E-state index >= 15 is 0 Å². The molecule has 2 rings (SSSR count). The van der Waals surface area contributed by atoms with Crippen LogP contribution < -0.4 is 5.73 Å². The molecule has 92 valence electrons. The largest absolute Gasteiger partial charge is 0.383 e. The molecule has 0 spiro atoms. The van der Waals surface area contributed by atoms with Crippen molar-refractivity contribution in [3.63, 3.8) is 0 Å². The SMILES string of the molecule is CC(=O)c1cc2c(nc1N)CN(C(C)C)CC2. The molecular formula is C13H19N3O. The van der Waals surface area contributed by atoms with Gasteiger partial charge in [-0.1, -0.05) is 0 Å². The average molecular weight is 233 g/mol. The van der Waals surface area contributed by atoms with Crippen molar-refractivity contribution in [2.75, 3.05) is 12.3 Å². The number of nitrogen functional groups attached to an aromatic ring is 1. The molecule has 1 aromatic rings. The van der Waals surface area contributed by atoms with E-state index in [1.54, 1.807) is 0 Å². The van der Waals surface area contributed by atoms with Crippen LogP contribution in [0.2, 0.25) is 0 Å². The number of hydrogen-bond acceptors (Lipinski definition) is 4. The van der Waals surface area contributed by atoms with Crippen molar-refractivity contribution in [3.8, 4) is 0 Å². The fourth-order valence-electron chi connectivity index (χ4n) is 2.22. The van der Waals surface area contributed by atoms with Crippen LogP contribution in [0.4, 0.5) is 5.82 Å². The molecule has 0 fully saturated rings. The third-order valence-corrected chi connectivity index (χ3v) is 3.35. The number of carbonyl (C=O) groups is 1. The lowest BCUT2D eigenvalue weighted by Gasteiger charge is -2.31. The van der Waals surface area contributed by atoms with Crippen molar-refractivity contribution < 1.29 is 4.79 Å². The Kier molecular flexibility index (Phi) is 3.15. The van der Waals surface area contributed by atoms with E-state index in [0.717, 1.165) is 25.2 Å². The zero-order valence-corrected chi connectivity index (χ0v) is 10.7. The van der Waals surface area contributed by atoms with Crippen molar-refractivity contribution >= 4 is 11.6 Å². The molecule has 17 heavy (non-hydrogen) atoms. The lowest BCUT2D eigenvalue weighted by atomic mass is 10.0. The number of nitrogens with two attached hydrogens (primary N) is 1. The van der Waals surface area contributed by atoms with Gasteiger partial charge in [0.05, 0.1) is 11.3 Å². The Morgan fingerprint density at radius 1 is 1.53 bits per heavy atom. The topological polar surface area (TPSA) is 59.2 Å². The number of carbonyl (C=O) groups excluding carboxylic acids is 1. The molecule has 2 N–H and O–H groups in total. The van der Waals surface area contributed by atoms with E-state index in [2.05, 4.69) is 23.7 Å². The minimum absolute atomic E-state index is 0.0101. The molecule has 0 amide bonds. The van der Waals surface area contributed by atoms with Crippen LogP contribution in [0.3, 0.4) is 0 Å². The Bertz CT molecular complexity index is 454. The number of fused-ring (bicyclic) bond motifs is 1. The molecule has 0 bridgehead atoms. The second-order valence-corrected chi connectivity index (χ2v) is 4.90. The second kappa shape index (κ2) is 4.45. The third kappa shape index (κ3) is 2.31. The van der Waals surface area contributed by atoms with Gasteiger partial charge in [0.1, 0.15) is 5.82 Å². The number of nitrogens with zero attached hydrogens (tertiary/aromatic N) is 2. The minimum Gasteiger partial charge on any atom is -0.383 e. The Labute approximate surface area is 102 Å². The van der Waals surface area contributed by atoms with Gasteiger partial charge in [-0.15, -0.1) is 0 Å². The van der Waals surface area contributed by atoms with Gasteiger partial charge in [0, 0.05) is 19.1 Å². The van der Waals surface area contributed by atoms with Gasteiger partial charge in [-0.2, -0.15) is 0 Å². The molecule has 0 atom stereocenters. The van der Waals surface area contributed by atoms with Gasteiger partial charge >= 0.3 is 0 Å². The summed E-state index contributed by atoms with van der Waals surface area (Å²) in [7, 11) is 0. The molecule has 0 saturated carbocycles. The van der Waals surface area contributed by atoms with Crippen LogP contribution in [0.5, 0.6) is 0 Å². The number of hydrogen-bond donors (Lipinski definition) is 1. The molecule has 0 saturated heterocycles. The first-order valence-corrected chi connectivity index (χ1v) is 6.02. The summed E-state index contributed by atoms with van der Waals surface area (Å²) >= 11 is 0. The summed E-state index contributed by atoms with van der Waals surface area (Å²) < 4.78 is 0. The maximum absolute atomic E-state index is 11.4. The second-order valence-electron chi connectivity index (χ2n) is 4.90. The molecular weight excluding hydrogens is 214 g/mol. The molecule has 0 radical (unpaired) electrons. The quantitative estimate of drug-likeness (QED) is 0.789. The van der Waals surface area contributed by atoms with Crippen molar-refractivity contribution in [1.29, 1.82) is 0 Å². The summed E-state index contributed by atoms with van der Waals surface area (Å²) in [6, 6.07) is 2.43. The fourth-order valence-corrected chi connectivity index (χ4v) is 2.22. The van der Waals surface area contributed by atoms with E-state index < -0.39 is 0 Å². The Hall–Kier alpha value is -1.42. The molecule has 0 unspecified atom stereocenters. The van der Waals surface area contributed by atoms with E-state index in [1.165, 1.54) is 12.5 Å². The van der Waals surface area contributed by atoms with Crippen LogP contribution in [-0.2, 0) is 13.0 Å². The van der Waals surface area contributed by atoms with Crippen molar-refractivity contribution in [3.05, 3.63) is 22.9 Å². The number of anilines is 1. The van der Waals surface area contributed by atoms with Gasteiger partial charge < -0.3 is 5.73 Å². The van der Waals surface area contributed by atoms with Gasteiger partial charge in [-0.05, 0) is 38.8 Å². The Morgan fingerprint density at radius 3 is 2.82 bits per heavy atom. The maximum Gasteiger partial charge on any atom is 0.163 e. The Balaban J connectivity index is 2.35. The normalized spacial score (nSPS) is 16.0. The van der Waals surface area contributed by atoms with Gasteiger partial charge in [0.15, 0.2) is 5.78 Å². The molecule has 0 aromatic carbocycles.